The Kier molecular flexibility index (Phi) is 4.31. The minimum Gasteiger partial charge on any atom is -0.481 e. The zero-order valence-corrected chi connectivity index (χ0v) is 9.36. The maximum absolute atomic E-state index is 6.07. The lowest BCUT2D eigenvalue weighted by molar-refractivity contribution is 0.388. The fourth-order valence-electron chi connectivity index (χ4n) is 1.42. The van der Waals surface area contributed by atoms with E-state index in [1.54, 1.807) is 13.3 Å². The van der Waals surface area contributed by atoms with E-state index in [0.29, 0.717) is 5.88 Å². The fraction of sp³-hybridized carbons (Fsp3) is 0.417. The first-order valence-electron chi connectivity index (χ1n) is 5.10. The first-order chi connectivity index (χ1) is 7.19. The van der Waals surface area contributed by atoms with Crippen molar-refractivity contribution in [3.63, 3.8) is 0 Å². The minimum atomic E-state index is -0.0823. The van der Waals surface area contributed by atoms with Gasteiger partial charge in [-0.1, -0.05) is 25.1 Å². The number of ether oxygens (including phenoxy) is 1. The van der Waals surface area contributed by atoms with Gasteiger partial charge < -0.3 is 10.5 Å². The first-order valence-corrected chi connectivity index (χ1v) is 5.10. The van der Waals surface area contributed by atoms with Crippen molar-refractivity contribution in [2.24, 2.45) is 5.73 Å². The monoisotopic (exact) mass is 206 g/mol. The molecule has 3 heteroatoms. The van der Waals surface area contributed by atoms with Gasteiger partial charge in [-0.05, 0) is 18.9 Å². The number of pyridine rings is 1. The summed E-state index contributed by atoms with van der Waals surface area (Å²) in [7, 11) is 1.60. The average Bonchev–Trinajstić information content (AvgIpc) is 2.28. The highest BCUT2D eigenvalue weighted by Gasteiger charge is 2.12. The second kappa shape index (κ2) is 5.51. The lowest BCUT2D eigenvalue weighted by Crippen LogP contribution is -2.12. The van der Waals surface area contributed by atoms with Crippen molar-refractivity contribution in [2.45, 2.75) is 25.8 Å². The van der Waals surface area contributed by atoms with E-state index >= 15 is 0 Å². The van der Waals surface area contributed by atoms with Gasteiger partial charge in [-0.2, -0.15) is 0 Å². The fourth-order valence-corrected chi connectivity index (χ4v) is 1.42. The van der Waals surface area contributed by atoms with Crippen molar-refractivity contribution in [3.05, 3.63) is 36.0 Å². The van der Waals surface area contributed by atoms with Crippen LogP contribution in [0, 0.1) is 0 Å². The molecule has 3 nitrogen and oxygen atoms in total. The van der Waals surface area contributed by atoms with Crippen molar-refractivity contribution < 1.29 is 4.74 Å². The summed E-state index contributed by atoms with van der Waals surface area (Å²) in [6.07, 6.45) is 3.43. The highest BCUT2D eigenvalue weighted by atomic mass is 16.5. The average molecular weight is 206 g/mol. The van der Waals surface area contributed by atoms with Crippen LogP contribution in [0.2, 0.25) is 0 Å². The highest BCUT2D eigenvalue weighted by molar-refractivity contribution is 5.29. The number of hydrogen-bond donors (Lipinski definition) is 1. The number of methoxy groups -OCH3 is 1. The lowest BCUT2D eigenvalue weighted by atomic mass is 10.0. The molecule has 1 aromatic rings. The molecule has 0 saturated carbocycles. The van der Waals surface area contributed by atoms with Gasteiger partial charge in [0.05, 0.1) is 7.11 Å². The van der Waals surface area contributed by atoms with Crippen LogP contribution in [-0.4, -0.2) is 12.1 Å². The van der Waals surface area contributed by atoms with E-state index in [9.17, 15) is 0 Å². The number of aromatic nitrogens is 1. The van der Waals surface area contributed by atoms with Crippen molar-refractivity contribution >= 4 is 0 Å². The van der Waals surface area contributed by atoms with Gasteiger partial charge in [0.1, 0.15) is 0 Å². The van der Waals surface area contributed by atoms with Gasteiger partial charge in [-0.15, -0.1) is 0 Å². The highest BCUT2D eigenvalue weighted by Crippen LogP contribution is 2.25. The Balaban J connectivity index is 2.80. The third-order valence-corrected chi connectivity index (χ3v) is 2.40. The summed E-state index contributed by atoms with van der Waals surface area (Å²) in [6.45, 7) is 6.03. The van der Waals surface area contributed by atoms with Crippen LogP contribution in [0.25, 0.3) is 0 Å². The standard InChI is InChI=1S/C12H18N2O/c1-4-9(2)8-11(13)10-6-5-7-14-12(10)15-3/h5-7,11H,2,4,8,13H2,1,3H3. The Labute approximate surface area is 91.0 Å². The summed E-state index contributed by atoms with van der Waals surface area (Å²) in [5.41, 5.74) is 8.15. The Morgan fingerprint density at radius 2 is 2.40 bits per heavy atom. The molecular weight excluding hydrogens is 188 g/mol. The molecule has 15 heavy (non-hydrogen) atoms. The molecule has 1 rings (SSSR count). The second-order valence-electron chi connectivity index (χ2n) is 3.52. The Morgan fingerprint density at radius 1 is 1.67 bits per heavy atom. The minimum absolute atomic E-state index is 0.0823. The van der Waals surface area contributed by atoms with Gasteiger partial charge in [-0.3, -0.25) is 0 Å². The number of nitrogens with zero attached hydrogens (tertiary/aromatic N) is 1. The maximum Gasteiger partial charge on any atom is 0.217 e. The Morgan fingerprint density at radius 3 is 3.00 bits per heavy atom. The van der Waals surface area contributed by atoms with Crippen molar-refractivity contribution in [3.8, 4) is 5.88 Å². The molecule has 0 bridgehead atoms. The van der Waals surface area contributed by atoms with Crippen molar-refractivity contribution in [2.75, 3.05) is 7.11 Å². The predicted octanol–water partition coefficient (Wildman–Crippen LogP) is 2.45. The number of hydrogen-bond acceptors (Lipinski definition) is 3. The van der Waals surface area contributed by atoms with E-state index in [2.05, 4.69) is 18.5 Å². The third-order valence-electron chi connectivity index (χ3n) is 2.40. The van der Waals surface area contributed by atoms with E-state index in [1.807, 2.05) is 12.1 Å². The second-order valence-corrected chi connectivity index (χ2v) is 3.52. The molecule has 0 radical (unpaired) electrons. The SMILES string of the molecule is C=C(CC)CC(N)c1cccnc1OC. The van der Waals surface area contributed by atoms with Crippen molar-refractivity contribution in [1.29, 1.82) is 0 Å². The van der Waals surface area contributed by atoms with Crippen LogP contribution in [0.1, 0.15) is 31.4 Å². The van der Waals surface area contributed by atoms with Crippen LogP contribution >= 0.6 is 0 Å². The Bertz CT molecular complexity index is 336. The van der Waals surface area contributed by atoms with E-state index in [-0.39, 0.29) is 6.04 Å². The molecule has 82 valence electrons. The van der Waals surface area contributed by atoms with Gasteiger partial charge in [-0.25, -0.2) is 4.98 Å². The first kappa shape index (κ1) is 11.7. The van der Waals surface area contributed by atoms with E-state index in [1.165, 1.54) is 0 Å². The Hall–Kier alpha value is -1.35. The summed E-state index contributed by atoms with van der Waals surface area (Å²) < 4.78 is 5.16. The molecule has 1 atom stereocenters. The molecule has 0 amide bonds. The van der Waals surface area contributed by atoms with E-state index in [4.69, 9.17) is 10.5 Å². The lowest BCUT2D eigenvalue weighted by Gasteiger charge is -2.15. The maximum atomic E-state index is 6.07. The molecule has 0 aliphatic heterocycles. The van der Waals surface area contributed by atoms with Gasteiger partial charge in [0.25, 0.3) is 0 Å². The largest absolute Gasteiger partial charge is 0.481 e. The van der Waals surface area contributed by atoms with E-state index < -0.39 is 0 Å². The van der Waals surface area contributed by atoms with Crippen LogP contribution in [-0.2, 0) is 0 Å². The number of rotatable bonds is 5. The summed E-state index contributed by atoms with van der Waals surface area (Å²) in [5.74, 6) is 0.605. The summed E-state index contributed by atoms with van der Waals surface area (Å²) in [5, 5.41) is 0. The molecule has 1 aromatic heterocycles. The van der Waals surface area contributed by atoms with Crippen LogP contribution in [0.4, 0.5) is 0 Å². The van der Waals surface area contributed by atoms with Gasteiger partial charge in [0.2, 0.25) is 5.88 Å². The number of nitrogens with two attached hydrogens (primary N) is 1. The third kappa shape index (κ3) is 3.06. The molecule has 0 saturated heterocycles. The van der Waals surface area contributed by atoms with Crippen LogP contribution < -0.4 is 10.5 Å². The molecular formula is C12H18N2O. The van der Waals surface area contributed by atoms with Gasteiger partial charge in [0, 0.05) is 17.8 Å². The molecule has 0 aliphatic rings. The van der Waals surface area contributed by atoms with Crippen LogP contribution in [0.15, 0.2) is 30.5 Å². The normalized spacial score (nSPS) is 12.2. The molecule has 0 spiro atoms. The van der Waals surface area contributed by atoms with Gasteiger partial charge >= 0.3 is 0 Å². The molecule has 1 heterocycles. The molecule has 2 N–H and O–H groups in total. The smallest absolute Gasteiger partial charge is 0.217 e. The van der Waals surface area contributed by atoms with Crippen LogP contribution in [0.3, 0.4) is 0 Å². The quantitative estimate of drug-likeness (QED) is 0.753. The van der Waals surface area contributed by atoms with Crippen LogP contribution in [0.5, 0.6) is 5.88 Å². The van der Waals surface area contributed by atoms with Gasteiger partial charge in [0.15, 0.2) is 0 Å². The molecule has 0 aromatic carbocycles. The zero-order chi connectivity index (χ0) is 11.3. The van der Waals surface area contributed by atoms with E-state index in [0.717, 1.165) is 24.0 Å². The van der Waals surface area contributed by atoms with Crippen molar-refractivity contribution in [1.82, 2.24) is 4.98 Å². The summed E-state index contributed by atoms with van der Waals surface area (Å²) >= 11 is 0. The molecule has 1 unspecified atom stereocenters. The molecule has 0 aliphatic carbocycles. The summed E-state index contributed by atoms with van der Waals surface area (Å²) in [4.78, 5) is 4.12. The predicted molar refractivity (Wildman–Crippen MR) is 61.8 cm³/mol. The topological polar surface area (TPSA) is 48.1 Å². The molecule has 0 fully saturated rings. The zero-order valence-electron chi connectivity index (χ0n) is 9.36. The summed E-state index contributed by atoms with van der Waals surface area (Å²) in [6, 6.07) is 3.73.